The van der Waals surface area contributed by atoms with Crippen molar-refractivity contribution in [2.24, 2.45) is 11.8 Å². The van der Waals surface area contributed by atoms with E-state index >= 15 is 0 Å². The average Bonchev–Trinajstić information content (AvgIpc) is 3.55. The van der Waals surface area contributed by atoms with E-state index in [2.05, 4.69) is 0 Å². The molecule has 2 saturated heterocycles. The predicted molar refractivity (Wildman–Crippen MR) is 140 cm³/mol. The number of imide groups is 1. The van der Waals surface area contributed by atoms with Crippen LogP contribution in [0.15, 0.2) is 72.1 Å². The van der Waals surface area contributed by atoms with Crippen molar-refractivity contribution in [3.05, 3.63) is 82.6 Å². The molecule has 5 rings (SSSR count). The fourth-order valence-electron chi connectivity index (χ4n) is 5.65. The van der Waals surface area contributed by atoms with Gasteiger partial charge in [-0.25, -0.2) is 9.69 Å². The molecule has 2 fully saturated rings. The van der Waals surface area contributed by atoms with Crippen LogP contribution in [0.5, 0.6) is 0 Å². The first-order valence-electron chi connectivity index (χ1n) is 11.9. The summed E-state index contributed by atoms with van der Waals surface area (Å²) in [5.74, 6) is -5.12. The predicted octanol–water partition coefficient (Wildman–Crippen LogP) is 3.59. The van der Waals surface area contributed by atoms with Crippen LogP contribution in [0.2, 0.25) is 0 Å². The van der Waals surface area contributed by atoms with Gasteiger partial charge in [-0.2, -0.15) is 0 Å². The molecule has 4 atom stereocenters. The quantitative estimate of drug-likeness (QED) is 0.502. The maximum Gasteiger partial charge on any atom is 0.330 e. The Morgan fingerprint density at radius 1 is 0.973 bits per heavy atom. The van der Waals surface area contributed by atoms with Crippen LogP contribution in [-0.2, 0) is 25.6 Å². The number of carboxylic acids is 1. The molecule has 0 aliphatic carbocycles. The lowest BCUT2D eigenvalue weighted by Gasteiger charge is -2.38. The summed E-state index contributed by atoms with van der Waals surface area (Å²) < 4.78 is 0. The molecule has 3 aromatic rings. The summed E-state index contributed by atoms with van der Waals surface area (Å²) in [7, 11) is 3.80. The number of hydrogen-bond donors (Lipinski definition) is 1. The van der Waals surface area contributed by atoms with E-state index < -0.39 is 47.1 Å². The van der Waals surface area contributed by atoms with Gasteiger partial charge in [-0.15, -0.1) is 11.3 Å². The molecule has 0 radical (unpaired) electrons. The Labute approximate surface area is 218 Å². The van der Waals surface area contributed by atoms with Crippen LogP contribution in [0, 0.1) is 11.8 Å². The number of benzene rings is 2. The first kappa shape index (κ1) is 24.7. The number of likely N-dealkylation sites (tertiary alicyclic amines) is 1. The zero-order chi connectivity index (χ0) is 26.5. The molecular formula is C28H27N3O5S. The molecule has 3 heterocycles. The van der Waals surface area contributed by atoms with Gasteiger partial charge in [0.1, 0.15) is 0 Å². The fraction of sp³-hybridized carbons (Fsp3) is 0.286. The number of aliphatic carboxylic acids is 1. The van der Waals surface area contributed by atoms with Crippen LogP contribution in [0.25, 0.3) is 0 Å². The molecule has 2 aromatic carbocycles. The maximum absolute atomic E-state index is 13.9. The van der Waals surface area contributed by atoms with E-state index in [9.17, 15) is 24.3 Å². The smallest absolute Gasteiger partial charge is 0.330 e. The number of carbonyl (C=O) groups excluding carboxylic acids is 3. The number of anilines is 2. The number of rotatable bonds is 6. The van der Waals surface area contributed by atoms with E-state index in [4.69, 9.17) is 0 Å². The molecule has 1 aromatic heterocycles. The molecule has 2 aliphatic heterocycles. The van der Waals surface area contributed by atoms with Gasteiger partial charge in [0.05, 0.1) is 30.0 Å². The van der Waals surface area contributed by atoms with Gasteiger partial charge < -0.3 is 14.9 Å². The number of hydrogen-bond acceptors (Lipinski definition) is 6. The molecule has 190 valence electrons. The van der Waals surface area contributed by atoms with Crippen molar-refractivity contribution in [1.82, 2.24) is 4.90 Å². The van der Waals surface area contributed by atoms with Crippen molar-refractivity contribution in [2.45, 2.75) is 24.9 Å². The van der Waals surface area contributed by atoms with Gasteiger partial charge >= 0.3 is 5.97 Å². The van der Waals surface area contributed by atoms with Crippen molar-refractivity contribution < 1.29 is 24.3 Å². The first-order valence-corrected chi connectivity index (χ1v) is 12.8. The fourth-order valence-corrected chi connectivity index (χ4v) is 6.35. The van der Waals surface area contributed by atoms with Crippen LogP contribution in [0.3, 0.4) is 0 Å². The Morgan fingerprint density at radius 3 is 2.22 bits per heavy atom. The number of carboxylic acid groups (broad SMARTS) is 1. The topological polar surface area (TPSA) is 98.2 Å². The van der Waals surface area contributed by atoms with Crippen LogP contribution in [0.1, 0.15) is 23.4 Å². The van der Waals surface area contributed by atoms with E-state index in [-0.39, 0.29) is 6.42 Å². The number of thiophene rings is 1. The molecule has 0 saturated carbocycles. The van der Waals surface area contributed by atoms with Crippen molar-refractivity contribution >= 4 is 46.4 Å². The minimum Gasteiger partial charge on any atom is -0.479 e. The normalized spacial score (nSPS) is 24.9. The highest BCUT2D eigenvalue weighted by Crippen LogP contribution is 2.56. The van der Waals surface area contributed by atoms with Gasteiger partial charge in [0.15, 0.2) is 5.54 Å². The number of carbonyl (C=O) groups is 4. The number of para-hydroxylation sites is 1. The Balaban J connectivity index is 1.67. The highest BCUT2D eigenvalue weighted by Gasteiger charge is 2.71. The summed E-state index contributed by atoms with van der Waals surface area (Å²) in [5, 5.41) is 12.4. The standard InChI is InChI=1S/C28H27N3O5S/c1-28(27(35)36)23-22(25(33)30(26(23)34)19-8-5-4-6-9-19)24(17-11-13-18(14-12-17)29(2)3)31(28)21(32)16-20-10-7-15-37-20/h4-15,22-24H,16H2,1-3H3,(H,35,36). The summed E-state index contributed by atoms with van der Waals surface area (Å²) in [6.07, 6.45) is -0.0168. The van der Waals surface area contributed by atoms with Crippen molar-refractivity contribution in [3.8, 4) is 0 Å². The van der Waals surface area contributed by atoms with Crippen LogP contribution >= 0.6 is 11.3 Å². The molecule has 0 bridgehead atoms. The largest absolute Gasteiger partial charge is 0.479 e. The minimum absolute atomic E-state index is 0.0168. The lowest BCUT2D eigenvalue weighted by atomic mass is 9.80. The van der Waals surface area contributed by atoms with Gasteiger partial charge in [-0.05, 0) is 48.2 Å². The van der Waals surface area contributed by atoms with Gasteiger partial charge in [-0.1, -0.05) is 36.4 Å². The molecule has 3 amide bonds. The summed E-state index contributed by atoms with van der Waals surface area (Å²) in [5.41, 5.74) is -0.00496. The lowest BCUT2D eigenvalue weighted by Crippen LogP contribution is -2.57. The van der Waals surface area contributed by atoms with Gasteiger partial charge in [0.25, 0.3) is 0 Å². The Bertz CT molecular complexity index is 1360. The third-order valence-electron chi connectivity index (χ3n) is 7.45. The summed E-state index contributed by atoms with van der Waals surface area (Å²) in [6.45, 7) is 1.40. The van der Waals surface area contributed by atoms with Crippen molar-refractivity contribution in [2.75, 3.05) is 23.9 Å². The Hall–Kier alpha value is -3.98. The SMILES string of the molecule is CN(C)c1ccc(C2C3C(=O)N(c4ccccc4)C(=O)C3C(C)(C(=O)O)N2C(=O)Cc2cccs2)cc1. The van der Waals surface area contributed by atoms with Gasteiger partial charge in [-0.3, -0.25) is 14.4 Å². The average molecular weight is 518 g/mol. The van der Waals surface area contributed by atoms with Crippen LogP contribution in [0.4, 0.5) is 11.4 Å². The first-order chi connectivity index (χ1) is 17.7. The lowest BCUT2D eigenvalue weighted by molar-refractivity contribution is -0.160. The highest BCUT2D eigenvalue weighted by atomic mass is 32.1. The molecule has 8 nitrogen and oxygen atoms in total. The molecule has 2 aliphatic rings. The molecule has 4 unspecified atom stereocenters. The number of nitrogens with zero attached hydrogens (tertiary/aromatic N) is 3. The summed E-state index contributed by atoms with van der Waals surface area (Å²) >= 11 is 1.40. The van der Waals surface area contributed by atoms with Crippen LogP contribution in [-0.4, -0.2) is 53.3 Å². The second-order valence-electron chi connectivity index (χ2n) is 9.75. The van der Waals surface area contributed by atoms with E-state index in [0.717, 1.165) is 15.5 Å². The van der Waals surface area contributed by atoms with Crippen molar-refractivity contribution in [3.63, 3.8) is 0 Å². The summed E-state index contributed by atoms with van der Waals surface area (Å²) in [4.78, 5) is 59.5. The molecule has 9 heteroatoms. The molecule has 1 N–H and O–H groups in total. The van der Waals surface area contributed by atoms with Gasteiger partial charge in [0, 0.05) is 24.7 Å². The maximum atomic E-state index is 13.9. The third-order valence-corrected chi connectivity index (χ3v) is 8.32. The second-order valence-corrected chi connectivity index (χ2v) is 10.8. The van der Waals surface area contributed by atoms with Crippen molar-refractivity contribution in [1.29, 1.82) is 0 Å². The van der Waals surface area contributed by atoms with Gasteiger partial charge in [0.2, 0.25) is 17.7 Å². The Kier molecular flexibility index (Phi) is 6.11. The van der Waals surface area contributed by atoms with E-state index in [1.807, 2.05) is 48.6 Å². The highest BCUT2D eigenvalue weighted by molar-refractivity contribution is 7.10. The molecular weight excluding hydrogens is 490 g/mol. The number of amides is 3. The Morgan fingerprint density at radius 2 is 1.65 bits per heavy atom. The van der Waals surface area contributed by atoms with E-state index in [1.54, 1.807) is 42.5 Å². The monoisotopic (exact) mass is 517 g/mol. The van der Waals surface area contributed by atoms with Crippen LogP contribution < -0.4 is 9.80 Å². The minimum atomic E-state index is -1.92. The molecule has 37 heavy (non-hydrogen) atoms. The summed E-state index contributed by atoms with van der Waals surface area (Å²) in [6, 6.07) is 18.6. The third kappa shape index (κ3) is 3.81. The van der Waals surface area contributed by atoms with E-state index in [0.29, 0.717) is 11.3 Å². The van der Waals surface area contributed by atoms with E-state index in [1.165, 1.54) is 23.2 Å². The zero-order valence-corrected chi connectivity index (χ0v) is 21.5. The second kappa shape index (κ2) is 9.15. The zero-order valence-electron chi connectivity index (χ0n) is 20.7. The molecule has 0 spiro atoms. The number of fused-ring (bicyclic) bond motifs is 1.